The van der Waals surface area contributed by atoms with Crippen molar-refractivity contribution in [2.45, 2.75) is 91.4 Å². The van der Waals surface area contributed by atoms with Crippen molar-refractivity contribution in [1.82, 2.24) is 41.6 Å². The number of thioether (sulfide) groups is 2. The van der Waals surface area contributed by atoms with Gasteiger partial charge in [-0.15, -0.1) is 28.6 Å². The number of oxime groups is 1. The number of carbonyl (C=O) groups excluding carboxylic acids is 4. The number of nitrogens with zero attached hydrogens (tertiary/aromatic N) is 4. The van der Waals surface area contributed by atoms with Gasteiger partial charge in [0, 0.05) is 40.7 Å². The Morgan fingerprint density at radius 1 is 0.539 bits per heavy atom. The lowest BCUT2D eigenvalue weighted by atomic mass is 9.93. The standard InChI is InChI=1S/C50H93N9O15S2/c1-41(51-12-13-52-44(60)33-53-45(61)34-54-46(62)35-55-47(63)38-74-57-43(39-75-49(5,6)7)40-76-50(8,9)10)73-37-42-36-59(58-56-42)14-16-65-18-20-67-22-24-69-26-28-71-30-32-72-31-29-70-27-25-68-23-21-66-19-17-64-15-11-48(2,3)4/h36,51H,1,11-35,37-40H2,2-10H3,(H,52,60)(H,53,61)(H,54,62)(H,55,63). The summed E-state index contributed by atoms with van der Waals surface area (Å²) in [6.07, 6.45) is 2.77. The summed E-state index contributed by atoms with van der Waals surface area (Å²) < 4.78 is 57.1. The van der Waals surface area contributed by atoms with Gasteiger partial charge >= 0.3 is 0 Å². The molecule has 0 fully saturated rings. The third kappa shape index (κ3) is 48.5. The van der Waals surface area contributed by atoms with E-state index in [4.69, 9.17) is 52.2 Å². The van der Waals surface area contributed by atoms with Crippen molar-refractivity contribution in [1.29, 1.82) is 0 Å². The van der Waals surface area contributed by atoms with Crippen LogP contribution < -0.4 is 26.6 Å². The van der Waals surface area contributed by atoms with Gasteiger partial charge in [0.05, 0.1) is 150 Å². The number of carbonyl (C=O) groups is 4. The van der Waals surface area contributed by atoms with E-state index in [2.05, 4.69) is 111 Å². The molecule has 0 aliphatic rings. The molecule has 440 valence electrons. The highest BCUT2D eigenvalue weighted by atomic mass is 32.2. The van der Waals surface area contributed by atoms with Gasteiger partial charge in [0.15, 0.2) is 12.5 Å². The SMILES string of the molecule is C=C(NCCNC(=O)CNC(=O)CNC(=O)CNC(=O)CON=C(CSC(C)(C)C)CSC(C)(C)C)OCc1cn(CCOCCOCCOCCOCCOCCOCCOCCOCCOCCC(C)(C)C)nn1. The van der Waals surface area contributed by atoms with Gasteiger partial charge in [-0.05, 0) is 18.4 Å². The van der Waals surface area contributed by atoms with Crippen LogP contribution in [0.15, 0.2) is 23.8 Å². The first-order valence-corrected chi connectivity index (χ1v) is 27.8. The predicted molar refractivity (Wildman–Crippen MR) is 293 cm³/mol. The Bertz CT molecular complexity index is 1710. The van der Waals surface area contributed by atoms with Crippen LogP contribution in [0.25, 0.3) is 0 Å². The Morgan fingerprint density at radius 2 is 0.921 bits per heavy atom. The topological polar surface area (TPSA) is 273 Å². The number of rotatable bonds is 49. The molecule has 0 saturated carbocycles. The lowest BCUT2D eigenvalue weighted by Gasteiger charge is -2.20. The van der Waals surface area contributed by atoms with Crippen molar-refractivity contribution in [3.63, 3.8) is 0 Å². The van der Waals surface area contributed by atoms with Gasteiger partial charge < -0.3 is 78.8 Å². The summed E-state index contributed by atoms with van der Waals surface area (Å²) in [4.78, 5) is 54.0. The Labute approximate surface area is 460 Å². The molecule has 0 radical (unpaired) electrons. The monoisotopic (exact) mass is 1120 g/mol. The Balaban J connectivity index is 1.94. The molecular weight excluding hydrogens is 1030 g/mol. The molecule has 26 heteroatoms. The van der Waals surface area contributed by atoms with Gasteiger partial charge in [0.2, 0.25) is 17.7 Å². The van der Waals surface area contributed by atoms with Crippen LogP contribution in [-0.4, -0.2) is 224 Å². The average Bonchev–Trinajstić information content (AvgIpc) is 3.81. The molecule has 0 spiro atoms. The molecule has 24 nitrogen and oxygen atoms in total. The van der Waals surface area contributed by atoms with E-state index in [-0.39, 0.29) is 60.2 Å². The van der Waals surface area contributed by atoms with Crippen molar-refractivity contribution >= 4 is 52.9 Å². The Kier molecular flexibility index (Phi) is 40.7. The van der Waals surface area contributed by atoms with E-state index >= 15 is 0 Å². The lowest BCUT2D eigenvalue weighted by molar-refractivity contribution is -0.130. The van der Waals surface area contributed by atoms with E-state index in [0.717, 1.165) is 18.7 Å². The molecular formula is C50H93N9O15S2. The second kappa shape index (κ2) is 44.1. The maximum Gasteiger partial charge on any atom is 0.261 e. The lowest BCUT2D eigenvalue weighted by Crippen LogP contribution is -2.45. The van der Waals surface area contributed by atoms with Gasteiger partial charge in [0.25, 0.3) is 5.91 Å². The van der Waals surface area contributed by atoms with Crippen LogP contribution in [0.5, 0.6) is 0 Å². The highest BCUT2D eigenvalue weighted by molar-refractivity contribution is 8.02. The first-order chi connectivity index (χ1) is 36.2. The van der Waals surface area contributed by atoms with E-state index in [9.17, 15) is 19.2 Å². The number of ether oxygens (including phenoxy) is 10. The third-order valence-electron chi connectivity index (χ3n) is 9.26. The summed E-state index contributed by atoms with van der Waals surface area (Å²) in [5, 5.41) is 25.2. The average molecular weight is 1120 g/mol. The molecule has 4 amide bonds. The highest BCUT2D eigenvalue weighted by Crippen LogP contribution is 2.27. The molecule has 0 aliphatic carbocycles. The zero-order valence-corrected chi connectivity index (χ0v) is 48.7. The van der Waals surface area contributed by atoms with Crippen LogP contribution in [0.4, 0.5) is 0 Å². The van der Waals surface area contributed by atoms with Crippen LogP contribution in [0.2, 0.25) is 0 Å². The molecule has 0 unspecified atom stereocenters. The maximum atomic E-state index is 12.2. The van der Waals surface area contributed by atoms with Gasteiger partial charge in [-0.1, -0.05) is 72.7 Å². The maximum absolute atomic E-state index is 12.2. The Morgan fingerprint density at radius 3 is 1.34 bits per heavy atom. The van der Waals surface area contributed by atoms with Gasteiger partial charge in [-0.2, -0.15) is 0 Å². The molecule has 0 aromatic carbocycles. The minimum Gasteiger partial charge on any atom is -0.473 e. The number of hydrogen-bond donors (Lipinski definition) is 5. The van der Waals surface area contributed by atoms with Crippen molar-refractivity contribution < 1.29 is 71.4 Å². The van der Waals surface area contributed by atoms with Crippen LogP contribution in [0.1, 0.15) is 74.4 Å². The summed E-state index contributed by atoms with van der Waals surface area (Å²) in [6, 6.07) is 0. The van der Waals surface area contributed by atoms with E-state index in [0.29, 0.717) is 143 Å². The third-order valence-corrected chi connectivity index (χ3v) is 11.9. The number of nitrogens with one attached hydrogen (secondary N) is 5. The summed E-state index contributed by atoms with van der Waals surface area (Å²) in [6.45, 7) is 31.9. The summed E-state index contributed by atoms with van der Waals surface area (Å²) in [7, 11) is 0. The fourth-order valence-corrected chi connectivity index (χ4v) is 6.82. The van der Waals surface area contributed by atoms with Crippen molar-refractivity contribution in [2.75, 3.05) is 170 Å². The molecule has 76 heavy (non-hydrogen) atoms. The minimum absolute atomic E-state index is 0.0452. The molecule has 0 saturated heterocycles. The van der Waals surface area contributed by atoms with Gasteiger partial charge in [-0.25, -0.2) is 4.68 Å². The molecule has 0 bridgehead atoms. The number of amides is 4. The van der Waals surface area contributed by atoms with Crippen LogP contribution in [0, 0.1) is 5.41 Å². The Hall–Kier alpha value is -3.83. The molecule has 0 atom stereocenters. The summed E-state index contributed by atoms with van der Waals surface area (Å²) in [5.74, 6) is -0.531. The summed E-state index contributed by atoms with van der Waals surface area (Å²) >= 11 is 3.47. The van der Waals surface area contributed by atoms with Crippen molar-refractivity contribution in [3.05, 3.63) is 24.4 Å². The minimum atomic E-state index is -0.586. The molecule has 1 rings (SSSR count). The van der Waals surface area contributed by atoms with E-state index in [1.54, 1.807) is 34.4 Å². The highest BCUT2D eigenvalue weighted by Gasteiger charge is 2.17. The van der Waals surface area contributed by atoms with Gasteiger partial charge in [-0.3, -0.25) is 19.2 Å². The molecule has 5 N–H and O–H groups in total. The fraction of sp³-hybridized carbons (Fsp3) is 0.820. The van der Waals surface area contributed by atoms with Crippen molar-refractivity contribution in [2.24, 2.45) is 10.6 Å². The molecule has 1 heterocycles. The molecule has 1 aromatic heterocycles. The number of aromatic nitrogens is 3. The zero-order chi connectivity index (χ0) is 56.2. The van der Waals surface area contributed by atoms with E-state index in [1.807, 2.05) is 0 Å². The normalized spacial score (nSPS) is 11.8. The largest absolute Gasteiger partial charge is 0.473 e. The van der Waals surface area contributed by atoms with Crippen LogP contribution in [-0.2, 0) is 84.5 Å². The van der Waals surface area contributed by atoms with Crippen LogP contribution in [0.3, 0.4) is 0 Å². The fourth-order valence-electron chi connectivity index (χ4n) is 5.18. The first-order valence-electron chi connectivity index (χ1n) is 25.9. The van der Waals surface area contributed by atoms with E-state index in [1.165, 1.54) is 0 Å². The van der Waals surface area contributed by atoms with E-state index < -0.39 is 23.6 Å². The smallest absolute Gasteiger partial charge is 0.261 e. The van der Waals surface area contributed by atoms with Gasteiger partial charge in [0.1, 0.15) is 12.3 Å². The van der Waals surface area contributed by atoms with Crippen LogP contribution >= 0.6 is 23.5 Å². The second-order valence-electron chi connectivity index (χ2n) is 19.8. The quantitative estimate of drug-likeness (QED) is 0.0271. The molecule has 1 aromatic rings. The predicted octanol–water partition coefficient (Wildman–Crippen LogP) is 2.34. The first kappa shape index (κ1) is 70.2. The number of hydrogen-bond acceptors (Lipinski definition) is 21. The summed E-state index contributed by atoms with van der Waals surface area (Å²) in [5.41, 5.74) is 1.70. The molecule has 0 aliphatic heterocycles. The zero-order valence-electron chi connectivity index (χ0n) is 47.0. The second-order valence-corrected chi connectivity index (χ2v) is 23.5. The van der Waals surface area contributed by atoms with Crippen molar-refractivity contribution in [3.8, 4) is 0 Å².